The third-order valence-electron chi connectivity index (χ3n) is 8.35. The average molecular weight is 625 g/mol. The third-order valence-corrected chi connectivity index (χ3v) is 8.35. The van der Waals surface area contributed by atoms with E-state index in [1.807, 2.05) is 73.3 Å². The predicted octanol–water partition coefficient (Wildman–Crippen LogP) is 7.03. The van der Waals surface area contributed by atoms with E-state index in [9.17, 15) is 14.9 Å². The Kier molecular flexibility index (Phi) is 8.65. The minimum Gasteiger partial charge on any atom is -0.444 e. The second-order valence-corrected chi connectivity index (χ2v) is 13.6. The maximum atomic E-state index is 15.3. The molecule has 0 unspecified atom stereocenters. The molecule has 0 radical (unpaired) electrons. The number of carbonyl (C=O) groups excluding carboxylic acids is 1. The highest BCUT2D eigenvalue weighted by molar-refractivity contribution is 5.96. The molecule has 3 heterocycles. The lowest BCUT2D eigenvalue weighted by Crippen LogP contribution is -2.59. The summed E-state index contributed by atoms with van der Waals surface area (Å²) >= 11 is 0. The van der Waals surface area contributed by atoms with Crippen molar-refractivity contribution in [1.29, 1.82) is 5.26 Å². The molecule has 1 saturated heterocycles. The molecular weight excluding hydrogens is 583 g/mol. The van der Waals surface area contributed by atoms with Crippen LogP contribution in [0.15, 0.2) is 47.4 Å². The van der Waals surface area contributed by atoms with E-state index in [-0.39, 0.29) is 29.1 Å². The fourth-order valence-corrected chi connectivity index (χ4v) is 6.13. The van der Waals surface area contributed by atoms with E-state index in [0.717, 1.165) is 16.8 Å². The van der Waals surface area contributed by atoms with Crippen LogP contribution < -0.4 is 10.6 Å². The molecule has 9 nitrogen and oxygen atoms in total. The van der Waals surface area contributed by atoms with Crippen LogP contribution in [0, 0.1) is 31.0 Å². The van der Waals surface area contributed by atoms with Gasteiger partial charge >= 0.3 is 11.8 Å². The van der Waals surface area contributed by atoms with E-state index in [4.69, 9.17) is 4.74 Å². The highest BCUT2D eigenvalue weighted by Crippen LogP contribution is 2.37. The summed E-state index contributed by atoms with van der Waals surface area (Å²) in [5.41, 5.74) is 3.24. The first-order chi connectivity index (χ1) is 21.6. The number of carbonyl (C=O) groups is 1. The number of benzene rings is 2. The van der Waals surface area contributed by atoms with Gasteiger partial charge < -0.3 is 14.5 Å². The molecule has 0 saturated carbocycles. The zero-order valence-electron chi connectivity index (χ0n) is 28.0. The monoisotopic (exact) mass is 624 g/mol. The molecule has 4 aromatic rings. The van der Waals surface area contributed by atoms with Crippen molar-refractivity contribution in [2.45, 2.75) is 85.9 Å². The topological polar surface area (TPSA) is 104 Å². The summed E-state index contributed by atoms with van der Waals surface area (Å²) in [5.74, 6) is -0.0731. The van der Waals surface area contributed by atoms with Crippen LogP contribution in [0.3, 0.4) is 0 Å². The van der Waals surface area contributed by atoms with Gasteiger partial charge in [-0.25, -0.2) is 14.0 Å². The lowest BCUT2D eigenvalue weighted by atomic mass is 9.95. The zero-order chi connectivity index (χ0) is 33.7. The van der Waals surface area contributed by atoms with Gasteiger partial charge in [-0.3, -0.25) is 9.55 Å². The van der Waals surface area contributed by atoms with Crippen LogP contribution in [-0.2, 0) is 4.74 Å². The van der Waals surface area contributed by atoms with Crippen molar-refractivity contribution in [2.75, 3.05) is 18.0 Å². The van der Waals surface area contributed by atoms with Crippen LogP contribution in [0.25, 0.3) is 27.7 Å². The summed E-state index contributed by atoms with van der Waals surface area (Å²) in [6, 6.07) is 11.8. The first kappa shape index (κ1) is 32.6. The average Bonchev–Trinajstić information content (AvgIpc) is 2.97. The number of nitrogens with zero attached hydrogens (tertiary/aromatic N) is 6. The number of amides is 1. The highest BCUT2D eigenvalue weighted by Gasteiger charge is 2.36. The van der Waals surface area contributed by atoms with Crippen LogP contribution in [-0.4, -0.2) is 56.3 Å². The largest absolute Gasteiger partial charge is 0.444 e. The van der Waals surface area contributed by atoms with Crippen molar-refractivity contribution in [3.05, 3.63) is 81.3 Å². The molecule has 0 N–H and O–H groups in total. The molecule has 1 amide bonds. The number of rotatable bonds is 4. The van der Waals surface area contributed by atoms with Gasteiger partial charge in [0.2, 0.25) is 0 Å². The van der Waals surface area contributed by atoms with Crippen molar-refractivity contribution >= 4 is 22.8 Å². The molecule has 0 spiro atoms. The number of fused-ring (bicyclic) bond motifs is 1. The first-order valence-electron chi connectivity index (χ1n) is 15.6. The summed E-state index contributed by atoms with van der Waals surface area (Å²) < 4.78 is 22.5. The Balaban J connectivity index is 1.79. The van der Waals surface area contributed by atoms with E-state index in [2.05, 4.69) is 16.0 Å². The van der Waals surface area contributed by atoms with Crippen LogP contribution >= 0.6 is 0 Å². The van der Waals surface area contributed by atoms with Gasteiger partial charge in [-0.05, 0) is 90.3 Å². The number of pyridine rings is 1. The number of aromatic nitrogens is 3. The molecule has 46 heavy (non-hydrogen) atoms. The molecule has 5 rings (SSSR count). The summed E-state index contributed by atoms with van der Waals surface area (Å²) in [7, 11) is 0. The second-order valence-electron chi connectivity index (χ2n) is 13.6. The van der Waals surface area contributed by atoms with Crippen LogP contribution in [0.5, 0.6) is 0 Å². The van der Waals surface area contributed by atoms with Crippen molar-refractivity contribution < 1.29 is 13.9 Å². The fourth-order valence-electron chi connectivity index (χ4n) is 6.13. The lowest BCUT2D eigenvalue weighted by molar-refractivity contribution is 0.0130. The van der Waals surface area contributed by atoms with E-state index < -0.39 is 23.2 Å². The predicted molar refractivity (Wildman–Crippen MR) is 178 cm³/mol. The maximum absolute atomic E-state index is 15.3. The van der Waals surface area contributed by atoms with Crippen molar-refractivity contribution in [3.8, 4) is 22.9 Å². The van der Waals surface area contributed by atoms with Gasteiger partial charge in [-0.2, -0.15) is 10.2 Å². The van der Waals surface area contributed by atoms with Gasteiger partial charge in [0, 0.05) is 47.9 Å². The molecule has 10 heteroatoms. The standard InChI is InChI=1S/C36H41FN6O3/c1-20(2)31-32(22(4)12-13-39-31)43-30-16-26(27-14-21(3)10-11-29(27)37)25(17-38)15-28(30)33(40-34(43)44)41-18-24(6)42(19-23(41)5)35(45)46-36(7,8)9/h10-16,20,23-24H,18-19H2,1-9H3/t23-,24+/m0/s1. The molecule has 1 aliphatic rings. The molecule has 2 atom stereocenters. The van der Waals surface area contributed by atoms with Gasteiger partial charge in [0.25, 0.3) is 0 Å². The number of hydrogen-bond donors (Lipinski definition) is 0. The molecule has 0 aliphatic carbocycles. The summed E-state index contributed by atoms with van der Waals surface area (Å²) in [5, 5.41) is 10.9. The van der Waals surface area contributed by atoms with Crippen molar-refractivity contribution in [1.82, 2.24) is 19.4 Å². The Labute approximate surface area is 269 Å². The third kappa shape index (κ3) is 6.06. The second kappa shape index (κ2) is 12.2. The van der Waals surface area contributed by atoms with Gasteiger partial charge in [0.1, 0.15) is 17.2 Å². The minimum absolute atomic E-state index is 0.00889. The fraction of sp³-hybridized carbons (Fsp3) is 0.417. The zero-order valence-corrected chi connectivity index (χ0v) is 28.0. The Morgan fingerprint density at radius 2 is 1.78 bits per heavy atom. The molecule has 2 aromatic carbocycles. The van der Waals surface area contributed by atoms with Crippen LogP contribution in [0.2, 0.25) is 0 Å². The molecule has 1 fully saturated rings. The summed E-state index contributed by atoms with van der Waals surface area (Å²) in [6.45, 7) is 17.9. The minimum atomic E-state index is -0.638. The molecule has 1 aliphatic heterocycles. The van der Waals surface area contributed by atoms with Crippen molar-refractivity contribution in [2.24, 2.45) is 0 Å². The maximum Gasteiger partial charge on any atom is 0.410 e. The lowest BCUT2D eigenvalue weighted by Gasteiger charge is -2.45. The molecule has 0 bridgehead atoms. The van der Waals surface area contributed by atoms with Crippen molar-refractivity contribution in [3.63, 3.8) is 0 Å². The quantitative estimate of drug-likeness (QED) is 0.240. The van der Waals surface area contributed by atoms with E-state index in [0.29, 0.717) is 41.1 Å². The number of ether oxygens (including phenoxy) is 1. The molecule has 2 aromatic heterocycles. The number of piperazine rings is 1. The van der Waals surface area contributed by atoms with Crippen LogP contribution in [0.4, 0.5) is 15.0 Å². The SMILES string of the molecule is Cc1ccc(F)c(-c2cc3c(cc2C#N)c(N2C[C@@H](C)N(C(=O)OC(C)(C)C)C[C@@H]2C)nc(=O)n3-c2c(C)ccnc2C(C)C)c1. The first-order valence-corrected chi connectivity index (χ1v) is 15.6. The van der Waals surface area contributed by atoms with E-state index in [1.54, 1.807) is 39.9 Å². The summed E-state index contributed by atoms with van der Waals surface area (Å²) in [6.07, 6.45) is 1.32. The van der Waals surface area contributed by atoms with Crippen LogP contribution in [0.1, 0.15) is 76.8 Å². The number of hydrogen-bond acceptors (Lipinski definition) is 7. The van der Waals surface area contributed by atoms with E-state index in [1.165, 1.54) is 6.07 Å². The Morgan fingerprint density at radius 1 is 1.07 bits per heavy atom. The molecular formula is C36H41FN6O3. The van der Waals surface area contributed by atoms with Gasteiger partial charge in [0.15, 0.2) is 0 Å². The smallest absolute Gasteiger partial charge is 0.410 e. The van der Waals surface area contributed by atoms with Gasteiger partial charge in [-0.15, -0.1) is 0 Å². The highest BCUT2D eigenvalue weighted by atomic mass is 19.1. The van der Waals surface area contributed by atoms with Gasteiger partial charge in [-0.1, -0.05) is 25.5 Å². The Hall–Kier alpha value is -4.78. The number of anilines is 1. The normalized spacial score (nSPS) is 17.0. The molecule has 240 valence electrons. The Bertz CT molecular complexity index is 1940. The summed E-state index contributed by atoms with van der Waals surface area (Å²) in [4.78, 5) is 40.3. The number of nitriles is 1. The number of halogens is 1. The van der Waals surface area contributed by atoms with E-state index >= 15 is 4.39 Å². The number of aryl methyl sites for hydroxylation is 2. The Morgan fingerprint density at radius 3 is 2.43 bits per heavy atom. The van der Waals surface area contributed by atoms with Gasteiger partial charge in [0.05, 0.1) is 28.5 Å².